The van der Waals surface area contributed by atoms with Crippen molar-refractivity contribution in [1.29, 1.82) is 0 Å². The maximum absolute atomic E-state index is 11.8. The quantitative estimate of drug-likeness (QED) is 0.0682. The van der Waals surface area contributed by atoms with E-state index in [0.29, 0.717) is 12.8 Å². The van der Waals surface area contributed by atoms with Crippen LogP contribution < -0.4 is 0 Å². The van der Waals surface area contributed by atoms with Crippen molar-refractivity contribution in [1.82, 2.24) is 0 Å². The van der Waals surface area contributed by atoms with Gasteiger partial charge in [0.2, 0.25) is 0 Å². The molecule has 0 saturated carbocycles. The molecule has 0 heterocycles. The Morgan fingerprint density at radius 3 is 1.10 bits per heavy atom. The number of thiol groups is 1. The monoisotopic (exact) mass is 456 g/mol. The molecule has 184 valence electrons. The van der Waals surface area contributed by atoms with E-state index in [9.17, 15) is 9.59 Å². The van der Waals surface area contributed by atoms with Crippen LogP contribution in [0.5, 0.6) is 0 Å². The average Bonchev–Trinajstić information content (AvgIpc) is 2.75. The van der Waals surface area contributed by atoms with Gasteiger partial charge in [-0.25, -0.2) is 0 Å². The van der Waals surface area contributed by atoms with Gasteiger partial charge in [-0.05, 0) is 25.0 Å². The summed E-state index contributed by atoms with van der Waals surface area (Å²) in [7, 11) is 0. The van der Waals surface area contributed by atoms with Gasteiger partial charge >= 0.3 is 11.9 Å². The van der Waals surface area contributed by atoms with Crippen LogP contribution in [0.2, 0.25) is 0 Å². The van der Waals surface area contributed by atoms with Gasteiger partial charge in [0, 0.05) is 12.8 Å². The van der Waals surface area contributed by atoms with E-state index in [0.717, 1.165) is 31.4 Å². The van der Waals surface area contributed by atoms with Crippen molar-refractivity contribution in [3.8, 4) is 0 Å². The lowest BCUT2D eigenvalue weighted by Crippen LogP contribution is -2.11. The zero-order valence-corrected chi connectivity index (χ0v) is 21.5. The SMILES string of the molecule is CCCCCCCCCCCCCCCC(=O)OC(=O)CCCCCCCCCCS. The summed E-state index contributed by atoms with van der Waals surface area (Å²) in [4.78, 5) is 23.5. The highest BCUT2D eigenvalue weighted by Crippen LogP contribution is 2.14. The first-order valence-electron chi connectivity index (χ1n) is 13.5. The molecule has 0 fully saturated rings. The molecule has 0 atom stereocenters. The molecule has 31 heavy (non-hydrogen) atoms. The number of unbranched alkanes of at least 4 members (excludes halogenated alkanes) is 19. The molecule has 0 bridgehead atoms. The highest BCUT2D eigenvalue weighted by molar-refractivity contribution is 7.80. The van der Waals surface area contributed by atoms with Crippen LogP contribution in [0.25, 0.3) is 0 Å². The molecule has 0 rings (SSSR count). The van der Waals surface area contributed by atoms with E-state index in [2.05, 4.69) is 19.6 Å². The van der Waals surface area contributed by atoms with Crippen molar-refractivity contribution in [2.24, 2.45) is 0 Å². The predicted octanol–water partition coefficient (Wildman–Crippen LogP) is 8.98. The molecule has 0 aromatic rings. The number of ether oxygens (including phenoxy) is 1. The van der Waals surface area contributed by atoms with Crippen LogP contribution in [0.15, 0.2) is 0 Å². The molecule has 0 spiro atoms. The third kappa shape index (κ3) is 25.6. The minimum absolute atomic E-state index is 0.336. The zero-order chi connectivity index (χ0) is 22.8. The van der Waals surface area contributed by atoms with Gasteiger partial charge in [0.1, 0.15) is 0 Å². The molecule has 0 saturated heterocycles. The van der Waals surface area contributed by atoms with Gasteiger partial charge in [-0.3, -0.25) is 9.59 Å². The minimum Gasteiger partial charge on any atom is -0.393 e. The smallest absolute Gasteiger partial charge is 0.313 e. The lowest BCUT2D eigenvalue weighted by atomic mass is 10.0. The third-order valence-electron chi connectivity index (χ3n) is 6.00. The molecule has 0 N–H and O–H groups in total. The molecule has 4 heteroatoms. The van der Waals surface area contributed by atoms with Crippen molar-refractivity contribution in [3.05, 3.63) is 0 Å². The molecule has 0 aliphatic heterocycles. The van der Waals surface area contributed by atoms with Crippen molar-refractivity contribution >= 4 is 24.6 Å². The minimum atomic E-state index is -0.339. The highest BCUT2D eigenvalue weighted by atomic mass is 32.1. The lowest BCUT2D eigenvalue weighted by molar-refractivity contribution is -0.159. The fourth-order valence-corrected chi connectivity index (χ4v) is 4.18. The number of rotatable bonds is 24. The fourth-order valence-electron chi connectivity index (χ4n) is 3.96. The summed E-state index contributed by atoms with van der Waals surface area (Å²) in [5.41, 5.74) is 0. The molecule has 0 unspecified atom stereocenters. The largest absolute Gasteiger partial charge is 0.393 e. The molecule has 3 nitrogen and oxygen atoms in total. The van der Waals surface area contributed by atoms with E-state index in [1.165, 1.54) is 109 Å². The van der Waals surface area contributed by atoms with Crippen LogP contribution in [0.4, 0.5) is 0 Å². The maximum atomic E-state index is 11.8. The van der Waals surface area contributed by atoms with Crippen LogP contribution in [0.1, 0.15) is 155 Å². The molecule has 0 aromatic carbocycles. The molecule has 0 radical (unpaired) electrons. The Bertz CT molecular complexity index is 398. The second-order valence-electron chi connectivity index (χ2n) is 9.14. The van der Waals surface area contributed by atoms with Gasteiger partial charge in [-0.15, -0.1) is 0 Å². The Morgan fingerprint density at radius 1 is 0.484 bits per heavy atom. The van der Waals surface area contributed by atoms with E-state index in [1.807, 2.05) is 0 Å². The van der Waals surface area contributed by atoms with Crippen LogP contribution >= 0.6 is 12.6 Å². The molecule has 0 amide bonds. The van der Waals surface area contributed by atoms with Crippen LogP contribution in [-0.4, -0.2) is 17.7 Å². The van der Waals surface area contributed by atoms with E-state index in [4.69, 9.17) is 4.74 Å². The van der Waals surface area contributed by atoms with Crippen molar-refractivity contribution in [2.75, 3.05) is 5.75 Å². The number of esters is 2. The average molecular weight is 457 g/mol. The molecule has 0 aliphatic rings. The first-order chi connectivity index (χ1) is 15.2. The molecular weight excluding hydrogens is 404 g/mol. The van der Waals surface area contributed by atoms with E-state index in [-0.39, 0.29) is 11.9 Å². The summed E-state index contributed by atoms with van der Waals surface area (Å²) >= 11 is 4.22. The van der Waals surface area contributed by atoms with E-state index < -0.39 is 0 Å². The highest BCUT2D eigenvalue weighted by Gasteiger charge is 2.09. The van der Waals surface area contributed by atoms with Crippen molar-refractivity contribution in [2.45, 2.75) is 155 Å². The Balaban J connectivity index is 3.30. The molecule has 0 aliphatic carbocycles. The number of hydrogen-bond donors (Lipinski definition) is 1. The van der Waals surface area contributed by atoms with E-state index >= 15 is 0 Å². The Labute approximate surface area is 199 Å². The third-order valence-corrected chi connectivity index (χ3v) is 6.32. The normalized spacial score (nSPS) is 11.0. The lowest BCUT2D eigenvalue weighted by Gasteiger charge is -2.04. The Kier molecular flexibility index (Phi) is 25.3. The van der Waals surface area contributed by atoms with Gasteiger partial charge in [0.15, 0.2) is 0 Å². The topological polar surface area (TPSA) is 43.4 Å². The number of hydrogen-bond acceptors (Lipinski definition) is 4. The molecular formula is C27H52O3S. The molecule has 0 aromatic heterocycles. The van der Waals surface area contributed by atoms with E-state index in [1.54, 1.807) is 0 Å². The van der Waals surface area contributed by atoms with Gasteiger partial charge in [-0.1, -0.05) is 122 Å². The van der Waals surface area contributed by atoms with Gasteiger partial charge in [0.05, 0.1) is 0 Å². The van der Waals surface area contributed by atoms with Gasteiger partial charge in [0.25, 0.3) is 0 Å². The first kappa shape index (κ1) is 30.5. The van der Waals surface area contributed by atoms with Gasteiger partial charge in [-0.2, -0.15) is 12.6 Å². The second kappa shape index (κ2) is 25.7. The van der Waals surface area contributed by atoms with Gasteiger partial charge < -0.3 is 4.74 Å². The van der Waals surface area contributed by atoms with Crippen LogP contribution in [0.3, 0.4) is 0 Å². The van der Waals surface area contributed by atoms with Crippen LogP contribution in [0, 0.1) is 0 Å². The fraction of sp³-hybridized carbons (Fsp3) is 0.926. The predicted molar refractivity (Wildman–Crippen MR) is 137 cm³/mol. The Hall–Kier alpha value is -0.510. The summed E-state index contributed by atoms with van der Waals surface area (Å²) < 4.78 is 4.94. The van der Waals surface area contributed by atoms with Crippen LogP contribution in [-0.2, 0) is 14.3 Å². The summed E-state index contributed by atoms with van der Waals surface area (Å²) in [6, 6.07) is 0. The Morgan fingerprint density at radius 2 is 0.774 bits per heavy atom. The standard InChI is InChI=1S/C27H52O3S/c1-2-3-4-5-6-7-8-9-10-11-14-17-20-23-26(28)30-27(29)24-21-18-15-12-13-16-19-22-25-31/h31H,2-25H2,1H3. The van der Waals surface area contributed by atoms with Crippen molar-refractivity contribution < 1.29 is 14.3 Å². The number of carbonyl (C=O) groups is 2. The summed E-state index contributed by atoms with van der Waals surface area (Å²) in [5.74, 6) is 0.311. The maximum Gasteiger partial charge on any atom is 0.313 e. The summed E-state index contributed by atoms with van der Waals surface area (Å²) in [5, 5.41) is 0. The second-order valence-corrected chi connectivity index (χ2v) is 9.59. The van der Waals surface area contributed by atoms with Crippen molar-refractivity contribution in [3.63, 3.8) is 0 Å². The summed E-state index contributed by atoms with van der Waals surface area (Å²) in [6.07, 6.45) is 26.8. The first-order valence-corrected chi connectivity index (χ1v) is 14.2. The zero-order valence-electron chi connectivity index (χ0n) is 20.6. The number of carbonyl (C=O) groups excluding carboxylic acids is 2. The summed E-state index contributed by atoms with van der Waals surface area (Å²) in [6.45, 7) is 2.26.